The van der Waals surface area contributed by atoms with Crippen LogP contribution in [0.15, 0.2) is 0 Å². The Bertz CT molecular complexity index is 454. The Labute approximate surface area is 129 Å². The highest BCUT2D eigenvalue weighted by atomic mass is 16.5. The first-order chi connectivity index (χ1) is 9.81. The molecule has 0 bridgehead atoms. The van der Waals surface area contributed by atoms with E-state index in [1.165, 1.54) is 0 Å². The van der Waals surface area contributed by atoms with Crippen LogP contribution in [0.25, 0.3) is 0 Å². The van der Waals surface area contributed by atoms with E-state index in [1.807, 2.05) is 6.92 Å². The summed E-state index contributed by atoms with van der Waals surface area (Å²) in [4.78, 5) is 11.6. The summed E-state index contributed by atoms with van der Waals surface area (Å²) in [6.07, 6.45) is 0. The van der Waals surface area contributed by atoms with Crippen molar-refractivity contribution in [2.24, 2.45) is 0 Å². The van der Waals surface area contributed by atoms with Gasteiger partial charge in [-0.15, -0.1) is 0 Å². The van der Waals surface area contributed by atoms with Crippen molar-refractivity contribution in [3.63, 3.8) is 0 Å². The first-order valence-corrected chi connectivity index (χ1v) is 7.73. The monoisotopic (exact) mass is 294 g/mol. The zero-order valence-electron chi connectivity index (χ0n) is 14.6. The van der Waals surface area contributed by atoms with Crippen molar-refractivity contribution in [3.05, 3.63) is 11.4 Å². The SMILES string of the molecule is CCNc1nc(C(C)(C)C)nc(N(C)CCOCC)c1C. The summed E-state index contributed by atoms with van der Waals surface area (Å²) in [6.45, 7) is 15.7. The van der Waals surface area contributed by atoms with E-state index in [0.717, 1.165) is 42.7 Å². The van der Waals surface area contributed by atoms with Gasteiger partial charge < -0.3 is 15.0 Å². The first-order valence-electron chi connectivity index (χ1n) is 7.73. The summed E-state index contributed by atoms with van der Waals surface area (Å²) >= 11 is 0. The van der Waals surface area contributed by atoms with E-state index in [1.54, 1.807) is 0 Å². The molecular weight excluding hydrogens is 264 g/mol. The number of likely N-dealkylation sites (N-methyl/N-ethyl adjacent to an activating group) is 1. The minimum absolute atomic E-state index is 0.0760. The molecule has 0 aliphatic carbocycles. The molecule has 0 aromatic carbocycles. The normalized spacial score (nSPS) is 11.6. The van der Waals surface area contributed by atoms with Crippen LogP contribution in [0.3, 0.4) is 0 Å². The maximum Gasteiger partial charge on any atom is 0.138 e. The molecule has 1 N–H and O–H groups in total. The number of nitrogens with one attached hydrogen (secondary N) is 1. The van der Waals surface area contributed by atoms with Crippen LogP contribution in [0.2, 0.25) is 0 Å². The molecule has 0 amide bonds. The number of aromatic nitrogens is 2. The van der Waals surface area contributed by atoms with Gasteiger partial charge in [0.05, 0.1) is 6.61 Å². The van der Waals surface area contributed by atoms with Crippen LogP contribution in [0, 0.1) is 6.92 Å². The van der Waals surface area contributed by atoms with Gasteiger partial charge in [0.25, 0.3) is 0 Å². The largest absolute Gasteiger partial charge is 0.380 e. The second-order valence-corrected chi connectivity index (χ2v) is 6.24. The molecule has 0 spiro atoms. The van der Waals surface area contributed by atoms with Crippen molar-refractivity contribution >= 4 is 11.6 Å². The molecule has 0 atom stereocenters. The van der Waals surface area contributed by atoms with Gasteiger partial charge in [0.15, 0.2) is 0 Å². The van der Waals surface area contributed by atoms with E-state index < -0.39 is 0 Å². The van der Waals surface area contributed by atoms with Crippen molar-refractivity contribution < 1.29 is 4.74 Å². The standard InChI is InChI=1S/C16H30N4O/c1-8-17-13-12(3)14(20(7)10-11-21-9-2)19-15(18-13)16(4,5)6/h8-11H2,1-7H3,(H,17,18,19). The lowest BCUT2D eigenvalue weighted by Crippen LogP contribution is -2.27. The molecule has 0 aliphatic heterocycles. The van der Waals surface area contributed by atoms with E-state index in [-0.39, 0.29) is 5.41 Å². The minimum Gasteiger partial charge on any atom is -0.380 e. The third-order valence-corrected chi connectivity index (χ3v) is 3.27. The zero-order chi connectivity index (χ0) is 16.0. The molecule has 0 saturated carbocycles. The maximum atomic E-state index is 5.44. The number of nitrogens with zero attached hydrogens (tertiary/aromatic N) is 3. The highest BCUT2D eigenvalue weighted by Crippen LogP contribution is 2.27. The average Bonchev–Trinajstić information content (AvgIpc) is 2.40. The molecule has 0 aliphatic rings. The fourth-order valence-electron chi connectivity index (χ4n) is 2.00. The Morgan fingerprint density at radius 2 is 1.86 bits per heavy atom. The summed E-state index contributed by atoms with van der Waals surface area (Å²) < 4.78 is 5.44. The van der Waals surface area contributed by atoms with Crippen molar-refractivity contribution in [2.75, 3.05) is 43.6 Å². The Morgan fingerprint density at radius 1 is 1.19 bits per heavy atom. The van der Waals surface area contributed by atoms with Gasteiger partial charge in [-0.25, -0.2) is 9.97 Å². The molecule has 5 heteroatoms. The van der Waals surface area contributed by atoms with Gasteiger partial charge in [-0.3, -0.25) is 0 Å². The fourth-order valence-corrected chi connectivity index (χ4v) is 2.00. The second kappa shape index (κ2) is 7.59. The predicted molar refractivity (Wildman–Crippen MR) is 89.4 cm³/mol. The first kappa shape index (κ1) is 17.7. The molecule has 1 aromatic rings. The molecule has 1 heterocycles. The Balaban J connectivity index is 3.13. The van der Waals surface area contributed by atoms with Crippen LogP contribution in [0.5, 0.6) is 0 Å². The van der Waals surface area contributed by atoms with Gasteiger partial charge in [-0.2, -0.15) is 0 Å². The second-order valence-electron chi connectivity index (χ2n) is 6.24. The van der Waals surface area contributed by atoms with Gasteiger partial charge in [-0.05, 0) is 20.8 Å². The van der Waals surface area contributed by atoms with Crippen LogP contribution >= 0.6 is 0 Å². The molecular formula is C16H30N4O. The van der Waals surface area contributed by atoms with Crippen molar-refractivity contribution in [2.45, 2.75) is 47.0 Å². The van der Waals surface area contributed by atoms with E-state index >= 15 is 0 Å². The number of ether oxygens (including phenoxy) is 1. The average molecular weight is 294 g/mol. The van der Waals surface area contributed by atoms with E-state index in [0.29, 0.717) is 6.61 Å². The smallest absolute Gasteiger partial charge is 0.138 e. The fraction of sp³-hybridized carbons (Fsp3) is 0.750. The van der Waals surface area contributed by atoms with Gasteiger partial charge >= 0.3 is 0 Å². The minimum atomic E-state index is -0.0760. The van der Waals surface area contributed by atoms with Crippen LogP contribution in [-0.2, 0) is 10.2 Å². The topological polar surface area (TPSA) is 50.3 Å². The lowest BCUT2D eigenvalue weighted by atomic mass is 9.95. The maximum absolute atomic E-state index is 5.44. The van der Waals surface area contributed by atoms with Crippen molar-refractivity contribution in [1.82, 2.24) is 9.97 Å². The molecule has 0 fully saturated rings. The van der Waals surface area contributed by atoms with Crippen LogP contribution in [0.4, 0.5) is 11.6 Å². The van der Waals surface area contributed by atoms with Gasteiger partial charge in [-0.1, -0.05) is 20.8 Å². The quantitative estimate of drug-likeness (QED) is 0.783. The van der Waals surface area contributed by atoms with Crippen molar-refractivity contribution in [1.29, 1.82) is 0 Å². The molecule has 1 rings (SSSR count). The third-order valence-electron chi connectivity index (χ3n) is 3.27. The van der Waals surface area contributed by atoms with Crippen LogP contribution < -0.4 is 10.2 Å². The lowest BCUT2D eigenvalue weighted by Gasteiger charge is -2.25. The summed E-state index contributed by atoms with van der Waals surface area (Å²) in [5.41, 5.74) is 1.01. The van der Waals surface area contributed by atoms with Crippen LogP contribution in [0.1, 0.15) is 46.0 Å². The van der Waals surface area contributed by atoms with E-state index in [9.17, 15) is 0 Å². The Kier molecular flexibility index (Phi) is 6.40. The van der Waals surface area contributed by atoms with Gasteiger partial charge in [0, 0.05) is 37.7 Å². The number of hydrogen-bond acceptors (Lipinski definition) is 5. The highest BCUT2D eigenvalue weighted by Gasteiger charge is 2.22. The summed E-state index contributed by atoms with van der Waals surface area (Å²) in [7, 11) is 2.05. The van der Waals surface area contributed by atoms with E-state index in [4.69, 9.17) is 14.7 Å². The molecule has 1 aromatic heterocycles. The van der Waals surface area contributed by atoms with Gasteiger partial charge in [0.1, 0.15) is 17.5 Å². The number of rotatable bonds is 7. The predicted octanol–water partition coefficient (Wildman–Crippen LogP) is 2.99. The number of hydrogen-bond donors (Lipinski definition) is 1. The molecule has 5 nitrogen and oxygen atoms in total. The van der Waals surface area contributed by atoms with E-state index in [2.05, 4.69) is 51.9 Å². The third kappa shape index (κ3) is 4.84. The lowest BCUT2D eigenvalue weighted by molar-refractivity contribution is 0.154. The Hall–Kier alpha value is -1.36. The molecule has 21 heavy (non-hydrogen) atoms. The molecule has 120 valence electrons. The summed E-state index contributed by atoms with van der Waals surface area (Å²) in [6, 6.07) is 0. The Morgan fingerprint density at radius 3 is 2.38 bits per heavy atom. The zero-order valence-corrected chi connectivity index (χ0v) is 14.6. The van der Waals surface area contributed by atoms with Crippen LogP contribution in [-0.4, -0.2) is 43.3 Å². The molecule has 0 saturated heterocycles. The number of anilines is 2. The molecule has 0 radical (unpaired) electrons. The highest BCUT2D eigenvalue weighted by molar-refractivity contribution is 5.58. The summed E-state index contributed by atoms with van der Waals surface area (Å²) in [5.74, 6) is 2.77. The van der Waals surface area contributed by atoms with Gasteiger partial charge in [0.2, 0.25) is 0 Å². The summed E-state index contributed by atoms with van der Waals surface area (Å²) in [5, 5.41) is 3.34. The molecule has 0 unspecified atom stereocenters. The van der Waals surface area contributed by atoms with Crippen molar-refractivity contribution in [3.8, 4) is 0 Å².